The van der Waals surface area contributed by atoms with E-state index in [2.05, 4.69) is 16.0 Å². The molecule has 2 rings (SSSR count). The molecule has 0 aromatic heterocycles. The van der Waals surface area contributed by atoms with Gasteiger partial charge in [-0.05, 0) is 57.9 Å². The lowest BCUT2D eigenvalue weighted by Crippen LogP contribution is -2.46. The molecule has 0 aliphatic carbocycles. The third-order valence-electron chi connectivity index (χ3n) is 4.18. The van der Waals surface area contributed by atoms with Crippen molar-refractivity contribution in [3.8, 4) is 0 Å². The van der Waals surface area contributed by atoms with Crippen molar-refractivity contribution in [3.05, 3.63) is 29.8 Å². The maximum Gasteiger partial charge on any atom is 0.409 e. The number of nitrogens with zero attached hydrogens (tertiary/aromatic N) is 1. The summed E-state index contributed by atoms with van der Waals surface area (Å²) in [5.74, 6) is -0.164. The number of rotatable bonds is 5. The number of carbonyl (C=O) groups excluding carboxylic acids is 3. The van der Waals surface area contributed by atoms with Crippen molar-refractivity contribution in [2.45, 2.75) is 45.7 Å². The van der Waals surface area contributed by atoms with Crippen LogP contribution in [0.5, 0.6) is 0 Å². The van der Waals surface area contributed by atoms with Crippen molar-refractivity contribution < 1.29 is 19.1 Å². The lowest BCUT2D eigenvalue weighted by molar-refractivity contribution is 0.0860. The summed E-state index contributed by atoms with van der Waals surface area (Å²) in [4.78, 5) is 37.4. The third kappa shape index (κ3) is 6.47. The van der Waals surface area contributed by atoms with E-state index >= 15 is 0 Å². The highest BCUT2D eigenvalue weighted by Crippen LogP contribution is 2.14. The van der Waals surface area contributed by atoms with Gasteiger partial charge in [-0.3, -0.25) is 4.79 Å². The minimum absolute atomic E-state index is 0.0257. The summed E-state index contributed by atoms with van der Waals surface area (Å²) in [6.45, 7) is 7.03. The van der Waals surface area contributed by atoms with Crippen molar-refractivity contribution in [1.29, 1.82) is 0 Å². The first-order valence-corrected chi connectivity index (χ1v) is 9.29. The van der Waals surface area contributed by atoms with Crippen LogP contribution >= 0.6 is 0 Å². The molecular formula is C19H28N4O4. The third-order valence-corrected chi connectivity index (χ3v) is 4.18. The van der Waals surface area contributed by atoms with Gasteiger partial charge in [0.1, 0.15) is 0 Å². The predicted octanol–water partition coefficient (Wildman–Crippen LogP) is 2.57. The molecule has 0 bridgehead atoms. The number of carbonyl (C=O) groups is 3. The first kappa shape index (κ1) is 20.5. The van der Waals surface area contributed by atoms with Crippen LogP contribution in [0.2, 0.25) is 0 Å². The zero-order valence-electron chi connectivity index (χ0n) is 16.1. The van der Waals surface area contributed by atoms with E-state index in [1.807, 2.05) is 13.8 Å². The van der Waals surface area contributed by atoms with Gasteiger partial charge in [-0.25, -0.2) is 9.59 Å². The van der Waals surface area contributed by atoms with Crippen molar-refractivity contribution in [2.24, 2.45) is 0 Å². The fourth-order valence-electron chi connectivity index (χ4n) is 2.82. The number of nitrogens with one attached hydrogen (secondary N) is 3. The van der Waals surface area contributed by atoms with Crippen LogP contribution in [-0.4, -0.2) is 54.7 Å². The Morgan fingerprint density at radius 2 is 1.78 bits per heavy atom. The minimum Gasteiger partial charge on any atom is -0.450 e. The maximum atomic E-state index is 12.4. The van der Waals surface area contributed by atoms with Crippen LogP contribution < -0.4 is 16.0 Å². The first-order valence-electron chi connectivity index (χ1n) is 9.29. The van der Waals surface area contributed by atoms with Crippen molar-refractivity contribution >= 4 is 23.7 Å². The molecule has 1 aliphatic rings. The van der Waals surface area contributed by atoms with Gasteiger partial charge in [-0.1, -0.05) is 0 Å². The van der Waals surface area contributed by atoms with Gasteiger partial charge < -0.3 is 25.6 Å². The smallest absolute Gasteiger partial charge is 0.409 e. The van der Waals surface area contributed by atoms with Crippen LogP contribution in [0, 0.1) is 0 Å². The van der Waals surface area contributed by atoms with Crippen LogP contribution in [-0.2, 0) is 4.74 Å². The van der Waals surface area contributed by atoms with Gasteiger partial charge >= 0.3 is 12.1 Å². The number of anilines is 1. The van der Waals surface area contributed by atoms with Crippen molar-refractivity contribution in [1.82, 2.24) is 15.5 Å². The molecule has 0 atom stereocenters. The van der Waals surface area contributed by atoms with Gasteiger partial charge in [0, 0.05) is 36.4 Å². The van der Waals surface area contributed by atoms with Gasteiger partial charge in [-0.2, -0.15) is 0 Å². The summed E-state index contributed by atoms with van der Waals surface area (Å²) < 4.78 is 4.99. The molecule has 148 valence electrons. The van der Waals surface area contributed by atoms with Gasteiger partial charge in [0.05, 0.1) is 6.61 Å². The fourth-order valence-corrected chi connectivity index (χ4v) is 2.82. The Morgan fingerprint density at radius 1 is 1.15 bits per heavy atom. The highest BCUT2D eigenvalue weighted by molar-refractivity contribution is 5.95. The van der Waals surface area contributed by atoms with E-state index in [1.54, 1.807) is 36.1 Å². The summed E-state index contributed by atoms with van der Waals surface area (Å²) in [7, 11) is 0. The van der Waals surface area contributed by atoms with Crippen LogP contribution in [0.1, 0.15) is 44.0 Å². The SMILES string of the molecule is CCOC(=O)N1CCC(NC(=O)c2ccc(NC(=O)NC(C)C)cc2)CC1. The molecule has 4 amide bonds. The van der Waals surface area contributed by atoms with Gasteiger partial charge in [-0.15, -0.1) is 0 Å². The molecule has 8 nitrogen and oxygen atoms in total. The number of urea groups is 1. The van der Waals surface area contributed by atoms with E-state index < -0.39 is 0 Å². The second kappa shape index (κ2) is 9.80. The zero-order valence-corrected chi connectivity index (χ0v) is 16.1. The average molecular weight is 376 g/mol. The Hall–Kier alpha value is -2.77. The van der Waals surface area contributed by atoms with Gasteiger partial charge in [0.25, 0.3) is 5.91 Å². The Morgan fingerprint density at radius 3 is 2.33 bits per heavy atom. The monoisotopic (exact) mass is 376 g/mol. The van der Waals surface area contributed by atoms with Crippen molar-refractivity contribution in [2.75, 3.05) is 25.0 Å². The van der Waals surface area contributed by atoms with E-state index in [1.165, 1.54) is 0 Å². The molecule has 3 N–H and O–H groups in total. The summed E-state index contributed by atoms with van der Waals surface area (Å²) >= 11 is 0. The molecule has 0 saturated carbocycles. The largest absolute Gasteiger partial charge is 0.450 e. The summed E-state index contributed by atoms with van der Waals surface area (Å²) in [5.41, 5.74) is 1.14. The maximum absolute atomic E-state index is 12.4. The number of hydrogen-bond acceptors (Lipinski definition) is 4. The zero-order chi connectivity index (χ0) is 19.8. The van der Waals surface area contributed by atoms with E-state index in [4.69, 9.17) is 4.74 Å². The Labute approximate surface area is 159 Å². The number of likely N-dealkylation sites (tertiary alicyclic amines) is 1. The Kier molecular flexibility index (Phi) is 7.45. The Bertz CT molecular complexity index is 652. The highest BCUT2D eigenvalue weighted by atomic mass is 16.6. The summed E-state index contributed by atoms with van der Waals surface area (Å²) in [6, 6.07) is 6.53. The second-order valence-corrected chi connectivity index (χ2v) is 6.76. The number of amides is 4. The van der Waals surface area contributed by atoms with Crippen LogP contribution in [0.3, 0.4) is 0 Å². The molecule has 27 heavy (non-hydrogen) atoms. The van der Waals surface area contributed by atoms with E-state index in [0.717, 1.165) is 0 Å². The first-order chi connectivity index (χ1) is 12.9. The molecule has 1 aliphatic heterocycles. The summed E-state index contributed by atoms with van der Waals surface area (Å²) in [5, 5.41) is 8.45. The number of hydrogen-bond donors (Lipinski definition) is 3. The molecule has 1 saturated heterocycles. The molecule has 0 spiro atoms. The standard InChI is InChI=1S/C19H28N4O4/c1-4-27-19(26)23-11-9-16(10-12-23)21-17(24)14-5-7-15(8-6-14)22-18(25)20-13(2)3/h5-8,13,16H,4,9-12H2,1-3H3,(H,21,24)(H2,20,22,25). The lowest BCUT2D eigenvalue weighted by Gasteiger charge is -2.31. The molecule has 0 unspecified atom stereocenters. The molecule has 8 heteroatoms. The van der Waals surface area contributed by atoms with Crippen LogP contribution in [0.15, 0.2) is 24.3 Å². The van der Waals surface area contributed by atoms with E-state index in [-0.39, 0.29) is 30.1 Å². The van der Waals surface area contributed by atoms with Crippen molar-refractivity contribution in [3.63, 3.8) is 0 Å². The summed E-state index contributed by atoms with van der Waals surface area (Å²) in [6.07, 6.45) is 1.09. The number of benzene rings is 1. The average Bonchev–Trinajstić information content (AvgIpc) is 2.62. The predicted molar refractivity (Wildman–Crippen MR) is 103 cm³/mol. The minimum atomic E-state index is -0.299. The lowest BCUT2D eigenvalue weighted by atomic mass is 10.0. The van der Waals surface area contributed by atoms with Crippen LogP contribution in [0.25, 0.3) is 0 Å². The van der Waals surface area contributed by atoms with Gasteiger partial charge in [0.15, 0.2) is 0 Å². The Balaban J connectivity index is 1.81. The number of ether oxygens (including phenoxy) is 1. The van der Waals surface area contributed by atoms with Gasteiger partial charge in [0.2, 0.25) is 0 Å². The molecule has 1 aromatic carbocycles. The van der Waals surface area contributed by atoms with Crippen LogP contribution in [0.4, 0.5) is 15.3 Å². The molecule has 1 aromatic rings. The second-order valence-electron chi connectivity index (χ2n) is 6.76. The molecule has 0 radical (unpaired) electrons. The fraction of sp³-hybridized carbons (Fsp3) is 0.526. The topological polar surface area (TPSA) is 99.8 Å². The quantitative estimate of drug-likeness (QED) is 0.735. The molecular weight excluding hydrogens is 348 g/mol. The van der Waals surface area contributed by atoms with E-state index in [0.29, 0.717) is 43.8 Å². The van der Waals surface area contributed by atoms with E-state index in [9.17, 15) is 14.4 Å². The number of piperidine rings is 1. The normalized spacial score (nSPS) is 14.6. The molecule has 1 heterocycles. The molecule has 1 fully saturated rings. The highest BCUT2D eigenvalue weighted by Gasteiger charge is 2.24.